The number of hydrogen-bond donors (Lipinski definition) is 0. The molecule has 0 aliphatic heterocycles. The standard InChI is InChI=1S/C14H11N2S2.C2H4O2.Pd/c1-9-15-13(7-17-9)11-4-3-5-12(6-11)14-8-18-10(2)16-14;1-2(3)4;/h3-5,7-8H,1-2H3;1H3,(H,3,4);/q-1;;+2/p-1. The van der Waals surface area contributed by atoms with Crippen molar-refractivity contribution in [3.05, 3.63) is 45.0 Å². The van der Waals surface area contributed by atoms with Gasteiger partial charge in [0.15, 0.2) is 0 Å². The first-order chi connectivity index (χ1) is 10.5. The number of thiazole rings is 2. The van der Waals surface area contributed by atoms with E-state index in [1.54, 1.807) is 22.7 Å². The molecule has 0 aliphatic carbocycles. The van der Waals surface area contributed by atoms with Crippen LogP contribution >= 0.6 is 22.7 Å². The first-order valence-corrected chi connectivity index (χ1v) is 8.26. The molecule has 0 radical (unpaired) electrons. The molecule has 122 valence electrons. The minimum absolute atomic E-state index is 0. The summed E-state index contributed by atoms with van der Waals surface area (Å²) in [5.74, 6) is -1.08. The Labute approximate surface area is 156 Å². The molecule has 2 aromatic heterocycles. The van der Waals surface area contributed by atoms with Gasteiger partial charge in [-0.3, -0.25) is 9.97 Å². The number of carboxylic acid groups (broad SMARTS) is 1. The molecule has 0 unspecified atom stereocenters. The molecule has 4 nitrogen and oxygen atoms in total. The third-order valence-electron chi connectivity index (χ3n) is 2.59. The molecule has 1 aromatic carbocycles. The predicted octanol–water partition coefficient (Wildman–Crippen LogP) is 3.10. The first kappa shape index (κ1) is 19.7. The number of carbonyl (C=O) groups excluding carboxylic acids is 1. The zero-order valence-corrected chi connectivity index (χ0v) is 15.9. The minimum atomic E-state index is -1.08. The molecule has 0 bridgehead atoms. The van der Waals surface area contributed by atoms with Gasteiger partial charge in [0, 0.05) is 17.4 Å². The number of aliphatic carboxylic acids is 1. The summed E-state index contributed by atoms with van der Waals surface area (Å²) >= 11 is 3.32. The molecule has 7 heteroatoms. The fourth-order valence-corrected chi connectivity index (χ4v) is 2.97. The fraction of sp³-hybridized carbons (Fsp3) is 0.188. The van der Waals surface area contributed by atoms with Gasteiger partial charge in [-0.25, -0.2) is 0 Å². The Kier molecular flexibility index (Phi) is 7.73. The van der Waals surface area contributed by atoms with Crippen LogP contribution in [0.4, 0.5) is 0 Å². The van der Waals surface area contributed by atoms with Crippen molar-refractivity contribution in [2.24, 2.45) is 0 Å². The molecule has 3 aromatic rings. The SMILES string of the molecule is CC(=O)[O-].Cc1nc(-c2[c-]c(-c3csc(C)n3)ccc2)cs1.[Pd+2]. The number of carbonyl (C=O) groups is 1. The molecule has 0 N–H and O–H groups in total. The van der Waals surface area contributed by atoms with Crippen LogP contribution in [0.25, 0.3) is 22.5 Å². The number of hydrogen-bond acceptors (Lipinski definition) is 6. The minimum Gasteiger partial charge on any atom is -0.550 e. The van der Waals surface area contributed by atoms with E-state index in [0.717, 1.165) is 39.5 Å². The van der Waals surface area contributed by atoms with Crippen LogP contribution in [0.1, 0.15) is 16.9 Å². The van der Waals surface area contributed by atoms with Crippen LogP contribution in [-0.4, -0.2) is 15.9 Å². The fourth-order valence-electron chi connectivity index (χ4n) is 1.74. The van der Waals surface area contributed by atoms with Crippen molar-refractivity contribution < 1.29 is 30.3 Å². The van der Waals surface area contributed by atoms with Crippen molar-refractivity contribution >= 4 is 28.6 Å². The van der Waals surface area contributed by atoms with E-state index in [9.17, 15) is 0 Å². The summed E-state index contributed by atoms with van der Waals surface area (Å²) in [6.45, 7) is 5.00. The van der Waals surface area contributed by atoms with Crippen LogP contribution in [0, 0.1) is 19.9 Å². The quantitative estimate of drug-likeness (QED) is 0.457. The monoisotopic (exact) mass is 436 g/mol. The Morgan fingerprint density at radius 2 is 1.43 bits per heavy atom. The second kappa shape index (κ2) is 9.04. The van der Waals surface area contributed by atoms with E-state index in [0.29, 0.717) is 0 Å². The number of rotatable bonds is 2. The molecule has 2 heterocycles. The average Bonchev–Trinajstić information content (AvgIpc) is 3.07. The maximum absolute atomic E-state index is 8.89. The van der Waals surface area contributed by atoms with Gasteiger partial charge < -0.3 is 9.90 Å². The van der Waals surface area contributed by atoms with E-state index < -0.39 is 5.97 Å². The van der Waals surface area contributed by atoms with Crippen LogP contribution in [0.15, 0.2) is 29.0 Å². The van der Waals surface area contributed by atoms with Crippen LogP contribution in [0.5, 0.6) is 0 Å². The Morgan fingerprint density at radius 1 is 1.04 bits per heavy atom. The Morgan fingerprint density at radius 3 is 1.74 bits per heavy atom. The van der Waals surface area contributed by atoms with Gasteiger partial charge in [-0.1, -0.05) is 11.1 Å². The summed E-state index contributed by atoms with van der Waals surface area (Å²) in [6, 6.07) is 9.50. The van der Waals surface area contributed by atoms with E-state index >= 15 is 0 Å². The largest absolute Gasteiger partial charge is 2.00 e. The predicted molar refractivity (Wildman–Crippen MR) is 87.6 cm³/mol. The number of nitrogens with zero attached hydrogens (tertiary/aromatic N) is 2. The number of aryl methyl sites for hydroxylation is 2. The topological polar surface area (TPSA) is 65.9 Å². The molecule has 0 aliphatic rings. The summed E-state index contributed by atoms with van der Waals surface area (Å²) < 4.78 is 0. The first-order valence-electron chi connectivity index (χ1n) is 6.50. The average molecular weight is 437 g/mol. The van der Waals surface area contributed by atoms with Gasteiger partial charge >= 0.3 is 20.4 Å². The molecule has 0 amide bonds. The third-order valence-corrected chi connectivity index (χ3v) is 4.13. The molecule has 0 fully saturated rings. The Bertz CT molecular complexity index is 724. The summed E-state index contributed by atoms with van der Waals surface area (Å²) in [7, 11) is 0. The van der Waals surface area contributed by atoms with Crippen LogP contribution < -0.4 is 5.11 Å². The molecule has 3 rings (SSSR count). The Balaban J connectivity index is 0.000000478. The van der Waals surface area contributed by atoms with E-state index in [1.807, 2.05) is 32.0 Å². The van der Waals surface area contributed by atoms with Crippen molar-refractivity contribution in [2.45, 2.75) is 20.8 Å². The van der Waals surface area contributed by atoms with Gasteiger partial charge in [0.05, 0.1) is 10.0 Å². The van der Waals surface area contributed by atoms with Crippen LogP contribution in [0.3, 0.4) is 0 Å². The second-order valence-corrected chi connectivity index (χ2v) is 6.60. The van der Waals surface area contributed by atoms with Gasteiger partial charge in [0.2, 0.25) is 0 Å². The van der Waals surface area contributed by atoms with E-state index in [1.165, 1.54) is 0 Å². The molecule has 0 saturated carbocycles. The van der Waals surface area contributed by atoms with Crippen LogP contribution in [0.2, 0.25) is 0 Å². The normalized spacial score (nSPS) is 9.52. The summed E-state index contributed by atoms with van der Waals surface area (Å²) in [6.07, 6.45) is 0. The van der Waals surface area contributed by atoms with Crippen molar-refractivity contribution in [2.75, 3.05) is 0 Å². The number of benzene rings is 1. The van der Waals surface area contributed by atoms with Gasteiger partial charge in [-0.2, -0.15) is 0 Å². The molecule has 0 spiro atoms. The van der Waals surface area contributed by atoms with E-state index in [2.05, 4.69) is 26.8 Å². The summed E-state index contributed by atoms with van der Waals surface area (Å²) in [5.41, 5.74) is 4.04. The molecule has 0 saturated heterocycles. The maximum atomic E-state index is 8.89. The maximum Gasteiger partial charge on any atom is 2.00 e. The smallest absolute Gasteiger partial charge is 0.550 e. The van der Waals surface area contributed by atoms with E-state index in [4.69, 9.17) is 9.90 Å². The van der Waals surface area contributed by atoms with Gasteiger partial charge in [0.25, 0.3) is 0 Å². The van der Waals surface area contributed by atoms with Crippen molar-refractivity contribution in [3.63, 3.8) is 0 Å². The van der Waals surface area contributed by atoms with Crippen LogP contribution in [-0.2, 0) is 25.2 Å². The van der Waals surface area contributed by atoms with Crippen molar-refractivity contribution in [3.8, 4) is 22.5 Å². The summed E-state index contributed by atoms with van der Waals surface area (Å²) in [4.78, 5) is 17.9. The number of aromatic nitrogens is 2. The van der Waals surface area contributed by atoms with Crippen molar-refractivity contribution in [1.82, 2.24) is 9.97 Å². The third kappa shape index (κ3) is 5.96. The van der Waals surface area contributed by atoms with Gasteiger partial charge in [-0.05, 0) is 31.5 Å². The van der Waals surface area contributed by atoms with Gasteiger partial charge in [-0.15, -0.1) is 46.9 Å². The molecular weight excluding hydrogens is 423 g/mol. The second-order valence-electron chi connectivity index (χ2n) is 4.47. The molecular formula is C16H14N2O2PdS2. The number of carboxylic acids is 1. The molecule has 23 heavy (non-hydrogen) atoms. The van der Waals surface area contributed by atoms with E-state index in [-0.39, 0.29) is 20.4 Å². The van der Waals surface area contributed by atoms with Crippen molar-refractivity contribution in [1.29, 1.82) is 0 Å². The summed E-state index contributed by atoms with van der Waals surface area (Å²) in [5, 5.41) is 15.2. The zero-order valence-electron chi connectivity index (χ0n) is 12.7. The molecule has 0 atom stereocenters. The van der Waals surface area contributed by atoms with Gasteiger partial charge in [0.1, 0.15) is 0 Å². The zero-order chi connectivity index (χ0) is 16.1. The Hall–Kier alpha value is -1.39.